The normalized spacial score (nSPS) is 12.6. The molecule has 0 saturated heterocycles. The fourth-order valence-corrected chi connectivity index (χ4v) is 3.61. The van der Waals surface area contributed by atoms with E-state index in [4.69, 9.17) is 9.47 Å². The number of rotatable bonds is 6. The van der Waals surface area contributed by atoms with E-state index in [0.717, 1.165) is 40.4 Å². The average Bonchev–Trinajstić information content (AvgIpc) is 3.42. The quantitative estimate of drug-likeness (QED) is 0.531. The van der Waals surface area contributed by atoms with Gasteiger partial charge in [0.15, 0.2) is 17.1 Å². The van der Waals surface area contributed by atoms with Crippen molar-refractivity contribution in [1.29, 1.82) is 0 Å². The fraction of sp³-hybridized carbons (Fsp3) is 0.227. The Morgan fingerprint density at radius 2 is 1.97 bits per heavy atom. The summed E-state index contributed by atoms with van der Waals surface area (Å²) < 4.78 is 12.9. The summed E-state index contributed by atoms with van der Waals surface area (Å²) in [7, 11) is 4.12. The van der Waals surface area contributed by atoms with E-state index in [-0.39, 0.29) is 6.79 Å². The molecule has 0 saturated carbocycles. The van der Waals surface area contributed by atoms with Crippen molar-refractivity contribution < 1.29 is 9.47 Å². The summed E-state index contributed by atoms with van der Waals surface area (Å²) in [5.74, 6) is 2.21. The summed E-state index contributed by atoms with van der Waals surface area (Å²) in [6.45, 7) is 1.70. The molecule has 0 radical (unpaired) electrons. The Hall–Kier alpha value is -3.65. The van der Waals surface area contributed by atoms with E-state index in [1.807, 2.05) is 28.8 Å². The molecule has 4 aromatic rings. The Labute approximate surface area is 174 Å². The molecule has 0 bridgehead atoms. The molecular weight excluding hydrogens is 380 g/mol. The zero-order chi connectivity index (χ0) is 20.5. The van der Waals surface area contributed by atoms with E-state index < -0.39 is 0 Å². The molecule has 0 atom stereocenters. The smallest absolute Gasteiger partial charge is 0.231 e. The van der Waals surface area contributed by atoms with E-state index in [1.54, 1.807) is 6.33 Å². The minimum atomic E-state index is 0.252. The minimum absolute atomic E-state index is 0.252. The van der Waals surface area contributed by atoms with Crippen molar-refractivity contribution in [2.45, 2.75) is 13.1 Å². The molecule has 1 aliphatic heterocycles. The number of hydrogen-bond donors (Lipinski definition) is 1. The van der Waals surface area contributed by atoms with Gasteiger partial charge < -0.3 is 19.7 Å². The highest BCUT2D eigenvalue weighted by molar-refractivity contribution is 5.77. The Morgan fingerprint density at radius 3 is 2.80 bits per heavy atom. The van der Waals surface area contributed by atoms with Gasteiger partial charge in [0.25, 0.3) is 0 Å². The number of nitrogens with one attached hydrogen (secondary N) is 1. The first-order chi connectivity index (χ1) is 14.7. The molecule has 0 amide bonds. The predicted molar refractivity (Wildman–Crippen MR) is 114 cm³/mol. The molecule has 1 N–H and O–H groups in total. The van der Waals surface area contributed by atoms with Crippen molar-refractivity contribution in [1.82, 2.24) is 24.5 Å². The Kier molecular flexibility index (Phi) is 4.68. The second-order valence-electron chi connectivity index (χ2n) is 7.46. The van der Waals surface area contributed by atoms with Gasteiger partial charge in [0.2, 0.25) is 12.7 Å². The molecule has 30 heavy (non-hydrogen) atoms. The largest absolute Gasteiger partial charge is 0.454 e. The first-order valence-electron chi connectivity index (χ1n) is 9.73. The molecule has 0 unspecified atom stereocenters. The van der Waals surface area contributed by atoms with Gasteiger partial charge in [0.1, 0.15) is 6.33 Å². The molecule has 3 heterocycles. The zero-order valence-corrected chi connectivity index (χ0v) is 16.9. The fourth-order valence-electron chi connectivity index (χ4n) is 3.61. The summed E-state index contributed by atoms with van der Waals surface area (Å²) >= 11 is 0. The molecular formula is C22H22N6O2. The summed E-state index contributed by atoms with van der Waals surface area (Å²) in [6, 6.07) is 14.3. The summed E-state index contributed by atoms with van der Waals surface area (Å²) in [5, 5.41) is 11.8. The van der Waals surface area contributed by atoms with Crippen LogP contribution in [0.4, 0.5) is 5.95 Å². The highest BCUT2D eigenvalue weighted by atomic mass is 16.7. The van der Waals surface area contributed by atoms with Crippen LogP contribution in [0.1, 0.15) is 11.1 Å². The van der Waals surface area contributed by atoms with Crippen molar-refractivity contribution in [3.05, 3.63) is 66.1 Å². The Balaban J connectivity index is 1.41. The third-order valence-corrected chi connectivity index (χ3v) is 5.01. The van der Waals surface area contributed by atoms with Gasteiger partial charge in [-0.2, -0.15) is 0 Å². The lowest BCUT2D eigenvalue weighted by Gasteiger charge is -2.12. The van der Waals surface area contributed by atoms with E-state index in [2.05, 4.69) is 63.8 Å². The van der Waals surface area contributed by atoms with Gasteiger partial charge in [-0.15, -0.1) is 10.2 Å². The number of nitrogens with zero attached hydrogens (tertiary/aromatic N) is 5. The van der Waals surface area contributed by atoms with Crippen LogP contribution in [0.15, 0.2) is 55.0 Å². The van der Waals surface area contributed by atoms with Gasteiger partial charge in [-0.05, 0) is 31.3 Å². The van der Waals surface area contributed by atoms with Crippen LogP contribution in [0.2, 0.25) is 0 Å². The van der Waals surface area contributed by atoms with Gasteiger partial charge in [-0.25, -0.2) is 4.98 Å². The maximum absolute atomic E-state index is 5.58. The number of ether oxygens (including phenoxy) is 2. The highest BCUT2D eigenvalue weighted by Gasteiger charge is 2.18. The van der Waals surface area contributed by atoms with Crippen molar-refractivity contribution in [3.8, 4) is 22.6 Å². The van der Waals surface area contributed by atoms with E-state index in [0.29, 0.717) is 12.5 Å². The van der Waals surface area contributed by atoms with Crippen LogP contribution in [0.3, 0.4) is 0 Å². The summed E-state index contributed by atoms with van der Waals surface area (Å²) in [4.78, 5) is 6.77. The third kappa shape index (κ3) is 3.42. The molecule has 0 fully saturated rings. The van der Waals surface area contributed by atoms with Gasteiger partial charge in [-0.3, -0.25) is 4.40 Å². The van der Waals surface area contributed by atoms with Gasteiger partial charge in [-0.1, -0.05) is 36.4 Å². The minimum Gasteiger partial charge on any atom is -0.454 e. The molecule has 8 heteroatoms. The van der Waals surface area contributed by atoms with Crippen LogP contribution in [0, 0.1) is 0 Å². The molecule has 8 nitrogen and oxygen atoms in total. The topological polar surface area (TPSA) is 76.8 Å². The van der Waals surface area contributed by atoms with E-state index >= 15 is 0 Å². The van der Waals surface area contributed by atoms with Gasteiger partial charge in [0.05, 0.1) is 0 Å². The first-order valence-corrected chi connectivity index (χ1v) is 9.73. The number of benzene rings is 2. The lowest BCUT2D eigenvalue weighted by molar-refractivity contribution is 0.173. The van der Waals surface area contributed by atoms with Crippen molar-refractivity contribution in [2.75, 3.05) is 26.2 Å². The van der Waals surface area contributed by atoms with Gasteiger partial charge >= 0.3 is 0 Å². The molecule has 0 spiro atoms. The monoisotopic (exact) mass is 402 g/mol. The second-order valence-corrected chi connectivity index (χ2v) is 7.46. The zero-order valence-electron chi connectivity index (χ0n) is 16.9. The number of hydrogen-bond acceptors (Lipinski definition) is 7. The molecule has 2 aromatic carbocycles. The number of aromatic nitrogens is 4. The van der Waals surface area contributed by atoms with E-state index in [9.17, 15) is 0 Å². The van der Waals surface area contributed by atoms with Crippen molar-refractivity contribution in [3.63, 3.8) is 0 Å². The lowest BCUT2D eigenvalue weighted by Crippen LogP contribution is -2.10. The second kappa shape index (κ2) is 7.64. The SMILES string of the molecule is CN(C)Cc1ccc(-c2cnc(NCc3cccc4c3OCO4)n3cnnc23)cc1. The van der Waals surface area contributed by atoms with Crippen LogP contribution in [-0.2, 0) is 13.1 Å². The molecule has 152 valence electrons. The predicted octanol–water partition coefficient (Wildman–Crippen LogP) is 3.19. The standard InChI is InChI=1S/C22H22N6O2/c1-27(2)12-15-6-8-16(9-7-15)18-11-24-22(28-13-25-26-21(18)28)23-10-17-4-3-5-19-20(17)30-14-29-19/h3-9,11,13H,10,12,14H2,1-2H3,(H,23,24). The average molecular weight is 402 g/mol. The van der Waals surface area contributed by atoms with Crippen LogP contribution >= 0.6 is 0 Å². The van der Waals surface area contributed by atoms with Gasteiger partial charge in [0, 0.05) is 30.4 Å². The van der Waals surface area contributed by atoms with Crippen LogP contribution < -0.4 is 14.8 Å². The van der Waals surface area contributed by atoms with Crippen LogP contribution in [-0.4, -0.2) is 45.4 Å². The van der Waals surface area contributed by atoms with Crippen molar-refractivity contribution in [2.24, 2.45) is 0 Å². The molecule has 2 aromatic heterocycles. The first kappa shape index (κ1) is 18.4. The van der Waals surface area contributed by atoms with Crippen LogP contribution in [0.5, 0.6) is 11.5 Å². The summed E-state index contributed by atoms with van der Waals surface area (Å²) in [5.41, 5.74) is 5.01. The maximum Gasteiger partial charge on any atom is 0.231 e. The van der Waals surface area contributed by atoms with Crippen LogP contribution in [0.25, 0.3) is 16.8 Å². The highest BCUT2D eigenvalue weighted by Crippen LogP contribution is 2.35. The third-order valence-electron chi connectivity index (χ3n) is 5.01. The summed E-state index contributed by atoms with van der Waals surface area (Å²) in [6.07, 6.45) is 3.51. The number of para-hydroxylation sites is 1. The number of fused-ring (bicyclic) bond motifs is 2. The maximum atomic E-state index is 5.58. The number of anilines is 1. The Morgan fingerprint density at radius 1 is 1.10 bits per heavy atom. The molecule has 0 aliphatic carbocycles. The van der Waals surface area contributed by atoms with Crippen molar-refractivity contribution >= 4 is 11.6 Å². The molecule has 5 rings (SSSR count). The molecule has 1 aliphatic rings. The Bertz CT molecular complexity index is 1190. The van der Waals surface area contributed by atoms with E-state index in [1.165, 1.54) is 5.56 Å². The lowest BCUT2D eigenvalue weighted by atomic mass is 10.1.